The highest BCUT2D eigenvalue weighted by Crippen LogP contribution is 2.28. The van der Waals surface area contributed by atoms with Gasteiger partial charge in [0, 0.05) is 31.2 Å². The van der Waals surface area contributed by atoms with Crippen LogP contribution in [-0.2, 0) is 0 Å². The summed E-state index contributed by atoms with van der Waals surface area (Å²) in [7, 11) is 1.65. The molecule has 0 amide bonds. The van der Waals surface area contributed by atoms with Gasteiger partial charge in [0.2, 0.25) is 0 Å². The number of methoxy groups -OCH3 is 1. The van der Waals surface area contributed by atoms with Crippen molar-refractivity contribution >= 4 is 5.69 Å². The van der Waals surface area contributed by atoms with Gasteiger partial charge in [-0.3, -0.25) is 0 Å². The fraction of sp³-hybridized carbons (Fsp3) is 0.500. The highest BCUT2D eigenvalue weighted by atomic mass is 16.5. The van der Waals surface area contributed by atoms with Gasteiger partial charge in [0.05, 0.1) is 18.4 Å². The molecule has 2 unspecified atom stereocenters. The van der Waals surface area contributed by atoms with Gasteiger partial charge >= 0.3 is 0 Å². The van der Waals surface area contributed by atoms with Crippen LogP contribution in [0.1, 0.15) is 19.4 Å². The summed E-state index contributed by atoms with van der Waals surface area (Å²) in [6.07, 6.45) is 0. The number of nitrogens with one attached hydrogen (secondary N) is 1. The summed E-state index contributed by atoms with van der Waals surface area (Å²) < 4.78 is 5.26. The summed E-state index contributed by atoms with van der Waals surface area (Å²) in [6.45, 7) is 6.16. The predicted octanol–water partition coefficient (Wildman–Crippen LogP) is 1.75. The molecule has 1 N–H and O–H groups in total. The van der Waals surface area contributed by atoms with Crippen molar-refractivity contribution in [2.24, 2.45) is 0 Å². The zero-order valence-electron chi connectivity index (χ0n) is 11.1. The fourth-order valence-corrected chi connectivity index (χ4v) is 2.33. The average Bonchev–Trinajstić information content (AvgIpc) is 2.40. The highest BCUT2D eigenvalue weighted by molar-refractivity contribution is 5.63. The van der Waals surface area contributed by atoms with E-state index in [0.29, 0.717) is 17.6 Å². The topological polar surface area (TPSA) is 48.3 Å². The van der Waals surface area contributed by atoms with E-state index in [0.717, 1.165) is 24.5 Å². The van der Waals surface area contributed by atoms with Gasteiger partial charge in [-0.2, -0.15) is 5.26 Å². The Kier molecular flexibility index (Phi) is 3.73. The summed E-state index contributed by atoms with van der Waals surface area (Å²) in [5.41, 5.74) is 1.68. The summed E-state index contributed by atoms with van der Waals surface area (Å²) >= 11 is 0. The van der Waals surface area contributed by atoms with Crippen LogP contribution in [0.2, 0.25) is 0 Å². The van der Waals surface area contributed by atoms with Crippen LogP contribution in [0.3, 0.4) is 0 Å². The third kappa shape index (κ3) is 2.41. The molecule has 2 atom stereocenters. The van der Waals surface area contributed by atoms with Gasteiger partial charge in [0.15, 0.2) is 0 Å². The fourth-order valence-electron chi connectivity index (χ4n) is 2.33. The number of nitriles is 1. The van der Waals surface area contributed by atoms with E-state index in [9.17, 15) is 5.26 Å². The van der Waals surface area contributed by atoms with Crippen molar-refractivity contribution in [1.29, 1.82) is 5.26 Å². The van der Waals surface area contributed by atoms with Crippen LogP contribution in [0.15, 0.2) is 18.2 Å². The molecule has 0 aromatic heterocycles. The molecule has 1 saturated heterocycles. The van der Waals surface area contributed by atoms with E-state index in [-0.39, 0.29) is 0 Å². The molecular weight excluding hydrogens is 226 g/mol. The van der Waals surface area contributed by atoms with Gasteiger partial charge in [-0.05, 0) is 26.0 Å². The van der Waals surface area contributed by atoms with Gasteiger partial charge in [-0.15, -0.1) is 0 Å². The van der Waals surface area contributed by atoms with Crippen molar-refractivity contribution in [2.45, 2.75) is 25.9 Å². The molecule has 1 fully saturated rings. The van der Waals surface area contributed by atoms with Gasteiger partial charge in [0.1, 0.15) is 11.8 Å². The normalized spacial score (nSPS) is 23.6. The van der Waals surface area contributed by atoms with E-state index in [1.54, 1.807) is 7.11 Å². The first-order valence-corrected chi connectivity index (χ1v) is 6.24. The Bertz CT molecular complexity index is 467. The van der Waals surface area contributed by atoms with Gasteiger partial charge in [-0.25, -0.2) is 0 Å². The number of ether oxygens (including phenoxy) is 1. The molecule has 0 saturated carbocycles. The number of benzene rings is 1. The lowest BCUT2D eigenvalue weighted by Gasteiger charge is -2.39. The minimum absolute atomic E-state index is 0.375. The maximum atomic E-state index is 9.23. The second-order valence-corrected chi connectivity index (χ2v) is 4.81. The molecule has 1 heterocycles. The molecule has 1 aromatic carbocycles. The molecule has 0 spiro atoms. The summed E-state index contributed by atoms with van der Waals surface area (Å²) in [6, 6.07) is 8.68. The van der Waals surface area contributed by atoms with Crippen molar-refractivity contribution in [2.75, 3.05) is 25.1 Å². The van der Waals surface area contributed by atoms with Crippen LogP contribution in [0.5, 0.6) is 5.75 Å². The van der Waals surface area contributed by atoms with Gasteiger partial charge in [0.25, 0.3) is 0 Å². The molecule has 0 radical (unpaired) electrons. The minimum atomic E-state index is 0.375. The van der Waals surface area contributed by atoms with E-state index >= 15 is 0 Å². The number of rotatable bonds is 2. The Balaban J connectivity index is 2.38. The summed E-state index contributed by atoms with van der Waals surface area (Å²) in [4.78, 5) is 2.28. The van der Waals surface area contributed by atoms with E-state index in [4.69, 9.17) is 4.74 Å². The molecule has 96 valence electrons. The Morgan fingerprint density at radius 3 is 2.89 bits per heavy atom. The molecule has 4 heteroatoms. The Hall–Kier alpha value is -1.73. The summed E-state index contributed by atoms with van der Waals surface area (Å²) in [5.74, 6) is 0.794. The second-order valence-electron chi connectivity index (χ2n) is 4.81. The molecule has 18 heavy (non-hydrogen) atoms. The molecule has 1 aromatic rings. The summed E-state index contributed by atoms with van der Waals surface area (Å²) in [5, 5.41) is 12.7. The van der Waals surface area contributed by atoms with E-state index < -0.39 is 0 Å². The SMILES string of the molecule is COc1ccc(C#N)c(N2CC(C)NCC2C)c1. The first-order valence-electron chi connectivity index (χ1n) is 6.24. The quantitative estimate of drug-likeness (QED) is 0.862. The van der Waals surface area contributed by atoms with Crippen LogP contribution >= 0.6 is 0 Å². The van der Waals surface area contributed by atoms with E-state index in [2.05, 4.69) is 30.1 Å². The molecule has 1 aliphatic rings. The zero-order valence-corrected chi connectivity index (χ0v) is 11.1. The van der Waals surface area contributed by atoms with Crippen LogP contribution in [0.25, 0.3) is 0 Å². The van der Waals surface area contributed by atoms with Crippen molar-refractivity contribution in [3.63, 3.8) is 0 Å². The zero-order chi connectivity index (χ0) is 13.1. The molecule has 1 aliphatic heterocycles. The molecule has 0 aliphatic carbocycles. The maximum absolute atomic E-state index is 9.23. The van der Waals surface area contributed by atoms with Crippen molar-refractivity contribution < 1.29 is 4.74 Å². The van der Waals surface area contributed by atoms with Crippen LogP contribution in [0, 0.1) is 11.3 Å². The average molecular weight is 245 g/mol. The molecule has 4 nitrogen and oxygen atoms in total. The van der Waals surface area contributed by atoms with Crippen LogP contribution in [0.4, 0.5) is 5.69 Å². The standard InChI is InChI=1S/C14H19N3O/c1-10-9-17(11(2)8-16-10)14-6-13(18-3)5-4-12(14)7-15/h4-6,10-11,16H,8-9H2,1-3H3. The van der Waals surface area contributed by atoms with Crippen molar-refractivity contribution in [3.8, 4) is 11.8 Å². The molecule has 0 bridgehead atoms. The largest absolute Gasteiger partial charge is 0.497 e. The minimum Gasteiger partial charge on any atom is -0.497 e. The van der Waals surface area contributed by atoms with Gasteiger partial charge < -0.3 is 15.0 Å². The number of nitrogens with zero attached hydrogens (tertiary/aromatic N) is 2. The lowest BCUT2D eigenvalue weighted by Crippen LogP contribution is -2.54. The van der Waals surface area contributed by atoms with Gasteiger partial charge in [-0.1, -0.05) is 0 Å². The smallest absolute Gasteiger partial charge is 0.121 e. The maximum Gasteiger partial charge on any atom is 0.121 e. The van der Waals surface area contributed by atoms with E-state index in [1.807, 2.05) is 18.2 Å². The molecule has 2 rings (SSSR count). The van der Waals surface area contributed by atoms with Crippen molar-refractivity contribution in [3.05, 3.63) is 23.8 Å². The number of anilines is 1. The van der Waals surface area contributed by atoms with Crippen LogP contribution in [-0.4, -0.2) is 32.3 Å². The first-order chi connectivity index (χ1) is 8.65. The Morgan fingerprint density at radius 2 is 2.22 bits per heavy atom. The first kappa shape index (κ1) is 12.7. The predicted molar refractivity (Wildman–Crippen MR) is 72.0 cm³/mol. The van der Waals surface area contributed by atoms with Crippen molar-refractivity contribution in [1.82, 2.24) is 5.32 Å². The number of piperazine rings is 1. The highest BCUT2D eigenvalue weighted by Gasteiger charge is 2.24. The molecular formula is C14H19N3O. The lowest BCUT2D eigenvalue weighted by atomic mass is 10.1. The third-order valence-corrected chi connectivity index (χ3v) is 3.40. The lowest BCUT2D eigenvalue weighted by molar-refractivity contribution is 0.410. The van der Waals surface area contributed by atoms with E-state index in [1.165, 1.54) is 0 Å². The third-order valence-electron chi connectivity index (χ3n) is 3.40. The Labute approximate surface area is 108 Å². The number of hydrogen-bond acceptors (Lipinski definition) is 4. The number of hydrogen-bond donors (Lipinski definition) is 1. The van der Waals surface area contributed by atoms with Crippen LogP contribution < -0.4 is 15.0 Å². The monoisotopic (exact) mass is 245 g/mol. The Morgan fingerprint density at radius 1 is 1.44 bits per heavy atom. The second kappa shape index (κ2) is 5.28.